The van der Waals surface area contributed by atoms with E-state index in [1.165, 1.54) is 29.2 Å². The smallest absolute Gasteiger partial charge is 0.326 e. The summed E-state index contributed by atoms with van der Waals surface area (Å²) < 4.78 is 0. The molecule has 0 aliphatic heterocycles. The van der Waals surface area contributed by atoms with Gasteiger partial charge in [-0.2, -0.15) is 0 Å². The van der Waals surface area contributed by atoms with Crippen LogP contribution in [0.5, 0.6) is 0 Å². The van der Waals surface area contributed by atoms with Crippen molar-refractivity contribution < 1.29 is 14.7 Å². The van der Waals surface area contributed by atoms with Crippen LogP contribution >= 0.6 is 11.3 Å². The second-order valence-electron chi connectivity index (χ2n) is 4.05. The summed E-state index contributed by atoms with van der Waals surface area (Å²) in [6, 6.07) is -0.888. The highest BCUT2D eigenvalue weighted by Gasteiger charge is 2.28. The zero-order valence-electron chi connectivity index (χ0n) is 10.9. The molecule has 1 aromatic heterocycles. The second-order valence-corrected chi connectivity index (χ2v) is 5.13. The van der Waals surface area contributed by atoms with Crippen LogP contribution in [-0.2, 0) is 9.59 Å². The van der Waals surface area contributed by atoms with Crippen LogP contribution in [0.3, 0.4) is 0 Å². The van der Waals surface area contributed by atoms with Gasteiger partial charge in [-0.3, -0.25) is 9.69 Å². The highest BCUT2D eigenvalue weighted by molar-refractivity contribution is 7.10. The lowest BCUT2D eigenvalue weighted by atomic mass is 10.2. The summed E-state index contributed by atoms with van der Waals surface area (Å²) in [5.41, 5.74) is 1.63. The van der Waals surface area contributed by atoms with Gasteiger partial charge < -0.3 is 5.11 Å². The zero-order valence-corrected chi connectivity index (χ0v) is 11.7. The van der Waals surface area contributed by atoms with Gasteiger partial charge in [-0.15, -0.1) is 11.3 Å². The van der Waals surface area contributed by atoms with E-state index >= 15 is 0 Å². The predicted octanol–water partition coefficient (Wildman–Crippen LogP) is 2.75. The molecule has 0 radical (unpaired) electrons. The first-order valence-corrected chi connectivity index (χ1v) is 6.51. The number of aliphatic carboxylic acids is 1. The molecule has 0 spiro atoms. The van der Waals surface area contributed by atoms with Crippen molar-refractivity contribution in [2.24, 2.45) is 0 Å². The van der Waals surface area contributed by atoms with Gasteiger partial charge in [0.05, 0.1) is 5.69 Å². The van der Waals surface area contributed by atoms with Gasteiger partial charge in [0, 0.05) is 4.88 Å². The van der Waals surface area contributed by atoms with Crippen LogP contribution < -0.4 is 4.90 Å². The molecule has 1 N–H and O–H groups in total. The molecule has 1 amide bonds. The maximum atomic E-state index is 12.1. The molecule has 1 rings (SSSR count). The molecular formula is C13H17NO3S. The molecular weight excluding hydrogens is 250 g/mol. The van der Waals surface area contributed by atoms with Gasteiger partial charge in [0.15, 0.2) is 0 Å². The van der Waals surface area contributed by atoms with Crippen LogP contribution in [0.25, 0.3) is 0 Å². The van der Waals surface area contributed by atoms with Crippen molar-refractivity contribution in [2.75, 3.05) is 4.90 Å². The van der Waals surface area contributed by atoms with E-state index in [-0.39, 0.29) is 5.91 Å². The predicted molar refractivity (Wildman–Crippen MR) is 73.2 cm³/mol. The number of carbonyl (C=O) groups is 2. The molecule has 4 nitrogen and oxygen atoms in total. The molecule has 0 aromatic carbocycles. The molecule has 98 valence electrons. The molecule has 1 atom stereocenters. The third-order valence-electron chi connectivity index (χ3n) is 2.65. The van der Waals surface area contributed by atoms with Crippen LogP contribution in [0.4, 0.5) is 5.69 Å². The van der Waals surface area contributed by atoms with E-state index in [2.05, 4.69) is 0 Å². The van der Waals surface area contributed by atoms with Gasteiger partial charge in [-0.05, 0) is 44.7 Å². The summed E-state index contributed by atoms with van der Waals surface area (Å²) in [7, 11) is 0. The second kappa shape index (κ2) is 5.82. The first kappa shape index (κ1) is 14.4. The van der Waals surface area contributed by atoms with E-state index in [4.69, 9.17) is 5.11 Å². The largest absolute Gasteiger partial charge is 0.480 e. The Morgan fingerprint density at radius 1 is 1.44 bits per heavy atom. The van der Waals surface area contributed by atoms with Crippen molar-refractivity contribution in [3.05, 3.63) is 28.0 Å². The standard InChI is InChI=1S/C13H17NO3S/c1-5-6-11(15)14(9(3)13(16)17)12-8(2)7-18-10(12)4/h5-7,9H,1-4H3,(H,16,17)/t9-/m0/s1. The SMILES string of the molecule is CC=CC(=O)N(c1c(C)csc1C)[C@@H](C)C(=O)O. The molecule has 0 aliphatic rings. The first-order valence-electron chi connectivity index (χ1n) is 5.63. The number of carboxylic acid groups (broad SMARTS) is 1. The number of carbonyl (C=O) groups excluding carboxylic acids is 1. The van der Waals surface area contributed by atoms with E-state index in [0.717, 1.165) is 10.4 Å². The maximum absolute atomic E-state index is 12.1. The van der Waals surface area contributed by atoms with Gasteiger partial charge in [0.2, 0.25) is 0 Å². The molecule has 18 heavy (non-hydrogen) atoms. The van der Waals surface area contributed by atoms with Crippen molar-refractivity contribution in [2.45, 2.75) is 33.7 Å². The number of carboxylic acids is 1. The highest BCUT2D eigenvalue weighted by Crippen LogP contribution is 2.32. The fourth-order valence-electron chi connectivity index (χ4n) is 1.75. The van der Waals surface area contributed by atoms with E-state index in [0.29, 0.717) is 5.69 Å². The van der Waals surface area contributed by atoms with Crippen LogP contribution in [0.2, 0.25) is 0 Å². The van der Waals surface area contributed by atoms with Gasteiger partial charge >= 0.3 is 5.97 Å². The van der Waals surface area contributed by atoms with Crippen LogP contribution in [-0.4, -0.2) is 23.0 Å². The summed E-state index contributed by atoms with van der Waals surface area (Å²) in [5, 5.41) is 11.1. The third kappa shape index (κ3) is 2.79. The lowest BCUT2D eigenvalue weighted by Gasteiger charge is -2.26. The average Bonchev–Trinajstić information content (AvgIpc) is 2.61. The number of amides is 1. The number of anilines is 1. The Balaban J connectivity index is 3.29. The number of aryl methyl sites for hydroxylation is 2. The molecule has 1 heterocycles. The lowest BCUT2D eigenvalue weighted by molar-refractivity contribution is -0.139. The van der Waals surface area contributed by atoms with E-state index in [9.17, 15) is 9.59 Å². The summed E-state index contributed by atoms with van der Waals surface area (Å²) in [6.45, 7) is 7.01. The quantitative estimate of drug-likeness (QED) is 0.853. The van der Waals surface area contributed by atoms with Crippen molar-refractivity contribution in [3.63, 3.8) is 0 Å². The fraction of sp³-hybridized carbons (Fsp3) is 0.385. The van der Waals surface area contributed by atoms with E-state index in [1.54, 1.807) is 13.0 Å². The number of allylic oxidation sites excluding steroid dienone is 1. The minimum absolute atomic E-state index is 0.308. The monoisotopic (exact) mass is 267 g/mol. The van der Waals surface area contributed by atoms with E-state index in [1.807, 2.05) is 19.2 Å². The Bertz CT molecular complexity index is 471. The Hall–Kier alpha value is -1.62. The Morgan fingerprint density at radius 3 is 2.44 bits per heavy atom. The molecule has 0 saturated heterocycles. The van der Waals surface area contributed by atoms with Crippen LogP contribution in [0.15, 0.2) is 17.5 Å². The molecule has 5 heteroatoms. The average molecular weight is 267 g/mol. The van der Waals surface area contributed by atoms with Gasteiger partial charge in [-0.25, -0.2) is 4.79 Å². The third-order valence-corrected chi connectivity index (χ3v) is 3.67. The first-order chi connectivity index (χ1) is 8.40. The van der Waals surface area contributed by atoms with Crippen molar-refractivity contribution >= 4 is 28.9 Å². The van der Waals surface area contributed by atoms with Crippen molar-refractivity contribution in [1.29, 1.82) is 0 Å². The summed E-state index contributed by atoms with van der Waals surface area (Å²) >= 11 is 1.51. The van der Waals surface area contributed by atoms with Crippen LogP contribution in [0.1, 0.15) is 24.3 Å². The summed E-state index contributed by atoms with van der Waals surface area (Å²) in [5.74, 6) is -1.32. The highest BCUT2D eigenvalue weighted by atomic mass is 32.1. The van der Waals surface area contributed by atoms with Crippen molar-refractivity contribution in [1.82, 2.24) is 0 Å². The summed E-state index contributed by atoms with van der Waals surface area (Å²) in [6.07, 6.45) is 3.00. The molecule has 0 bridgehead atoms. The topological polar surface area (TPSA) is 57.6 Å². The summed E-state index contributed by atoms with van der Waals surface area (Å²) in [4.78, 5) is 25.5. The molecule has 0 fully saturated rings. The normalized spacial score (nSPS) is 12.7. The van der Waals surface area contributed by atoms with Gasteiger partial charge in [0.25, 0.3) is 5.91 Å². The van der Waals surface area contributed by atoms with Crippen LogP contribution in [0, 0.1) is 13.8 Å². The number of hydrogen-bond donors (Lipinski definition) is 1. The Kier molecular flexibility index (Phi) is 4.67. The number of thiophene rings is 1. The van der Waals surface area contributed by atoms with Gasteiger partial charge in [0.1, 0.15) is 6.04 Å². The number of hydrogen-bond acceptors (Lipinski definition) is 3. The molecule has 0 aliphatic carbocycles. The van der Waals surface area contributed by atoms with Gasteiger partial charge in [-0.1, -0.05) is 6.08 Å². The Morgan fingerprint density at radius 2 is 2.06 bits per heavy atom. The van der Waals surface area contributed by atoms with Crippen molar-refractivity contribution in [3.8, 4) is 0 Å². The van der Waals surface area contributed by atoms with E-state index < -0.39 is 12.0 Å². The minimum atomic E-state index is -1.02. The molecule has 1 aromatic rings. The molecule has 0 saturated carbocycles. The molecule has 0 unspecified atom stereocenters. The number of rotatable bonds is 4. The lowest BCUT2D eigenvalue weighted by Crippen LogP contribution is -2.43. The number of nitrogens with zero attached hydrogens (tertiary/aromatic N) is 1. The maximum Gasteiger partial charge on any atom is 0.326 e. The Labute approximate surface area is 111 Å². The fourth-order valence-corrected chi connectivity index (χ4v) is 2.59. The zero-order chi connectivity index (χ0) is 13.9. The minimum Gasteiger partial charge on any atom is -0.480 e.